The van der Waals surface area contributed by atoms with Gasteiger partial charge >= 0.3 is 36.2 Å². The minimum Gasteiger partial charge on any atom is -0.481 e. The number of carboxylic acid groups (broad SMARTS) is 1. The van der Waals surface area contributed by atoms with Crippen LogP contribution in [0.15, 0.2) is 24.3 Å². The fourth-order valence-electron chi connectivity index (χ4n) is 16.3. The maximum Gasteiger partial charge on any atom is 0.508 e. The van der Waals surface area contributed by atoms with E-state index in [0.29, 0.717) is 77.6 Å². The number of aliphatic hydroxyl groups excluding tert-OH is 1. The summed E-state index contributed by atoms with van der Waals surface area (Å²) in [6.07, 6.45) is 87.1. The lowest BCUT2D eigenvalue weighted by atomic mass is 9.96. The average molecular weight is 1890 g/mol. The summed E-state index contributed by atoms with van der Waals surface area (Å²) in [6.45, 7) is 40.5. The molecule has 0 amide bonds. The van der Waals surface area contributed by atoms with Crippen molar-refractivity contribution < 1.29 is 72.1 Å². The maximum atomic E-state index is 12.9. The van der Waals surface area contributed by atoms with Gasteiger partial charge in [-0.2, -0.15) is 0 Å². The first-order valence-electron chi connectivity index (χ1n) is 57.2. The standard InChI is InChI=1S/C57H110N2O7.C35H70N2O6.C18H34O2.C4H10/c1-7-13-17-20-21-22-23-24-25-26-27-28-29-33-38-44-55(60)63-50-48-59(47-46-58(11-5)12-6)49-51-64-57(62)66-54(42-36-19-15-9-3)43-37-32-30-31-34-39-45-56(61)65-52-53(40-16-10-4)41-35-18-14-8-2;1-5-9-11-13-18-22-31-41-34(39)25-21-17-15-14-16-20-24-33(23-19-12-10-6-2)43-35(40)42-32-29-37(28-30-38)27-26-36(7-3)8-4;1-2-3-4-5-6-7-8-9-10-11-12-13-14-15-16-17-18(19)20;1-3-4-2/h24-25,53-54H,7-23,26-52H2,1-6H3;33,38H,5-32H2,1-4H3;9-10H,2-8,11-17H2,1H3,(H,19,20);3-4H2,1-2H3/b25-24-;;10-9-;. The van der Waals surface area contributed by atoms with Crippen molar-refractivity contribution in [2.75, 3.05) is 118 Å². The van der Waals surface area contributed by atoms with Gasteiger partial charge in [0.05, 0.1) is 19.8 Å². The lowest BCUT2D eigenvalue weighted by molar-refractivity contribution is -0.146. The third-order valence-corrected chi connectivity index (χ3v) is 25.7. The van der Waals surface area contributed by atoms with Crippen LogP contribution < -0.4 is 0 Å². The molecule has 0 aromatic heterocycles. The number of likely N-dealkylation sites (N-methyl/N-ethyl adjacent to an activating group) is 2. The Morgan fingerprint density at radius 1 is 0.241 bits per heavy atom. The molecule has 0 radical (unpaired) electrons. The van der Waals surface area contributed by atoms with E-state index < -0.39 is 18.3 Å². The van der Waals surface area contributed by atoms with Gasteiger partial charge in [0.1, 0.15) is 32.0 Å². The molecule has 0 spiro atoms. The van der Waals surface area contributed by atoms with E-state index in [4.69, 9.17) is 38.3 Å². The number of aliphatic carboxylic acids is 1. The summed E-state index contributed by atoms with van der Waals surface area (Å²) in [7, 11) is 0. The van der Waals surface area contributed by atoms with Gasteiger partial charge in [-0.15, -0.1) is 0 Å². The number of nitrogens with zero attached hydrogens (tertiary/aromatic N) is 4. The van der Waals surface area contributed by atoms with Crippen LogP contribution >= 0.6 is 0 Å². The van der Waals surface area contributed by atoms with Crippen molar-refractivity contribution in [2.24, 2.45) is 5.92 Å². The minimum absolute atomic E-state index is 0.0348. The van der Waals surface area contributed by atoms with E-state index in [0.717, 1.165) is 232 Å². The second-order valence-electron chi connectivity index (χ2n) is 38.0. The van der Waals surface area contributed by atoms with Crippen LogP contribution in [0.4, 0.5) is 9.59 Å². The Morgan fingerprint density at radius 3 is 0.820 bits per heavy atom. The summed E-state index contributed by atoms with van der Waals surface area (Å²) >= 11 is 0. The topological polar surface area (TPSA) is 220 Å². The van der Waals surface area contributed by atoms with Gasteiger partial charge in [-0.3, -0.25) is 29.0 Å². The molecule has 0 aliphatic rings. The number of rotatable bonds is 99. The highest BCUT2D eigenvalue weighted by Gasteiger charge is 2.21. The van der Waals surface area contributed by atoms with Crippen molar-refractivity contribution >= 4 is 36.2 Å². The van der Waals surface area contributed by atoms with Crippen LogP contribution in [0.1, 0.15) is 539 Å². The molecule has 3 atom stereocenters. The van der Waals surface area contributed by atoms with Crippen molar-refractivity contribution in [3.63, 3.8) is 0 Å². The van der Waals surface area contributed by atoms with Gasteiger partial charge in [-0.05, 0) is 180 Å². The zero-order chi connectivity index (χ0) is 98.5. The van der Waals surface area contributed by atoms with Crippen LogP contribution in [-0.2, 0) is 52.3 Å². The lowest BCUT2D eigenvalue weighted by Crippen LogP contribution is -2.39. The van der Waals surface area contributed by atoms with E-state index in [9.17, 15) is 33.9 Å². The van der Waals surface area contributed by atoms with Crippen LogP contribution in [0.25, 0.3) is 0 Å². The molecule has 0 aliphatic carbocycles. The van der Waals surface area contributed by atoms with E-state index in [-0.39, 0.29) is 49.9 Å². The van der Waals surface area contributed by atoms with Crippen LogP contribution in [0.3, 0.4) is 0 Å². The Morgan fingerprint density at radius 2 is 0.496 bits per heavy atom. The molecular formula is C114H224N4O15. The number of aliphatic hydroxyl groups is 1. The molecule has 3 unspecified atom stereocenters. The quantitative estimate of drug-likeness (QED) is 0.0250. The summed E-state index contributed by atoms with van der Waals surface area (Å²) in [6, 6.07) is 0. The second-order valence-corrected chi connectivity index (χ2v) is 38.0. The van der Waals surface area contributed by atoms with Gasteiger partial charge in [0, 0.05) is 78.0 Å². The van der Waals surface area contributed by atoms with E-state index in [1.807, 2.05) is 0 Å². The van der Waals surface area contributed by atoms with Crippen molar-refractivity contribution in [1.29, 1.82) is 0 Å². The molecule has 790 valence electrons. The first kappa shape index (κ1) is 135. The van der Waals surface area contributed by atoms with Crippen LogP contribution in [0.5, 0.6) is 0 Å². The molecule has 0 aromatic carbocycles. The zero-order valence-electron chi connectivity index (χ0n) is 90.3. The van der Waals surface area contributed by atoms with Gasteiger partial charge in [-0.1, -0.05) is 390 Å². The summed E-state index contributed by atoms with van der Waals surface area (Å²) in [5.74, 6) is -0.358. The third-order valence-electron chi connectivity index (χ3n) is 25.7. The number of carboxylic acids is 1. The monoisotopic (exact) mass is 1890 g/mol. The molecule has 133 heavy (non-hydrogen) atoms. The fraction of sp³-hybridized carbons (Fsp3) is 0.912. The first-order valence-corrected chi connectivity index (χ1v) is 57.2. The molecule has 0 rings (SSSR count). The Balaban J connectivity index is -0.00000105. The summed E-state index contributed by atoms with van der Waals surface area (Å²) in [4.78, 5) is 81.8. The van der Waals surface area contributed by atoms with Crippen molar-refractivity contribution in [3.8, 4) is 0 Å². The highest BCUT2D eigenvalue weighted by atomic mass is 16.7. The number of unbranched alkanes of at least 4 members (excludes halogenated alkanes) is 48. The SMILES string of the molecule is CCCC.CCCCCCCC/C=C\CCCCCCCC(=O)O.CCCCCCCC/C=C\CCCCCCCC(=O)OCCN(CCOC(=O)OC(CCCCCC)CCCCCCCCC(=O)OCC(CCCC)CCCCCC)CCN(CC)CC.CCCCCCCCOC(=O)CCCCCCCCC(CCCCCC)OC(=O)OCCN(CCO)CCN(CC)CC. The predicted octanol–water partition coefficient (Wildman–Crippen LogP) is 32.2. The Labute approximate surface area is 823 Å². The largest absolute Gasteiger partial charge is 0.508 e. The number of hydrogen-bond donors (Lipinski definition) is 2. The Kier molecular flexibility index (Phi) is 116. The highest BCUT2D eigenvalue weighted by Crippen LogP contribution is 2.23. The highest BCUT2D eigenvalue weighted by molar-refractivity contribution is 5.70. The number of carbonyl (C=O) groups is 6. The van der Waals surface area contributed by atoms with Gasteiger partial charge in [0.25, 0.3) is 0 Å². The Hall–Kier alpha value is -4.30. The second kappa shape index (κ2) is 115. The molecule has 19 heteroatoms. The summed E-state index contributed by atoms with van der Waals surface area (Å²) < 4.78 is 39.5. The molecule has 0 saturated heterocycles. The molecule has 0 fully saturated rings. The first-order chi connectivity index (χ1) is 65.0. The van der Waals surface area contributed by atoms with Crippen molar-refractivity contribution in [2.45, 2.75) is 552 Å². The third kappa shape index (κ3) is 110. The van der Waals surface area contributed by atoms with E-state index >= 15 is 0 Å². The zero-order valence-corrected chi connectivity index (χ0v) is 90.3. The Bertz CT molecular complexity index is 2430. The van der Waals surface area contributed by atoms with Crippen LogP contribution in [0.2, 0.25) is 0 Å². The number of esters is 3. The van der Waals surface area contributed by atoms with Gasteiger partial charge in [-0.25, -0.2) is 9.59 Å². The van der Waals surface area contributed by atoms with Gasteiger partial charge in [0.2, 0.25) is 0 Å². The number of hydrogen-bond acceptors (Lipinski definition) is 18. The smallest absolute Gasteiger partial charge is 0.481 e. The molecule has 0 aromatic rings. The molecular weight excluding hydrogens is 1670 g/mol. The predicted molar refractivity (Wildman–Crippen MR) is 565 cm³/mol. The lowest BCUT2D eigenvalue weighted by Gasteiger charge is -2.26. The fourth-order valence-corrected chi connectivity index (χ4v) is 16.3. The summed E-state index contributed by atoms with van der Waals surface area (Å²) in [5.41, 5.74) is 0. The number of ether oxygens (including phenoxy) is 7. The molecule has 0 aliphatic heterocycles. The van der Waals surface area contributed by atoms with Crippen molar-refractivity contribution in [3.05, 3.63) is 24.3 Å². The molecule has 19 nitrogen and oxygen atoms in total. The van der Waals surface area contributed by atoms with Crippen LogP contribution in [0, 0.1) is 5.92 Å². The molecule has 0 bridgehead atoms. The van der Waals surface area contributed by atoms with Gasteiger partial charge in [0.15, 0.2) is 0 Å². The van der Waals surface area contributed by atoms with Gasteiger partial charge < -0.3 is 53.2 Å². The summed E-state index contributed by atoms with van der Waals surface area (Å²) in [5, 5.41) is 17.9. The van der Waals surface area contributed by atoms with Crippen LogP contribution in [-0.4, -0.2) is 196 Å². The molecule has 2 N–H and O–H groups in total. The van der Waals surface area contributed by atoms with E-state index in [1.165, 1.54) is 244 Å². The minimum atomic E-state index is -0.664. The number of carbonyl (C=O) groups excluding carboxylic acids is 5. The van der Waals surface area contributed by atoms with E-state index in [2.05, 4.69) is 134 Å². The average Bonchev–Trinajstić information content (AvgIpc) is 0.941. The van der Waals surface area contributed by atoms with E-state index in [1.54, 1.807) is 0 Å². The normalized spacial score (nSPS) is 12.1. The maximum absolute atomic E-state index is 12.9. The number of allylic oxidation sites excluding steroid dienone is 4. The van der Waals surface area contributed by atoms with Crippen molar-refractivity contribution in [1.82, 2.24) is 19.6 Å². The molecule has 0 heterocycles. The molecule has 0 saturated carbocycles.